The summed E-state index contributed by atoms with van der Waals surface area (Å²) in [7, 11) is 1.47. The first kappa shape index (κ1) is 29.1. The first-order chi connectivity index (χ1) is 22.2. The zero-order chi connectivity index (χ0) is 32.2. The van der Waals surface area contributed by atoms with Crippen LogP contribution in [0.25, 0.3) is 33.0 Å². The van der Waals surface area contributed by atoms with E-state index < -0.39 is 29.0 Å². The molecular formula is C36H28F2N4O4. The van der Waals surface area contributed by atoms with Gasteiger partial charge in [-0.15, -0.1) is 0 Å². The number of hydrogen-bond acceptors (Lipinski definition) is 6. The van der Waals surface area contributed by atoms with Gasteiger partial charge >= 0.3 is 0 Å². The van der Waals surface area contributed by atoms with Gasteiger partial charge in [0, 0.05) is 29.8 Å². The van der Waals surface area contributed by atoms with Crippen LogP contribution in [0.5, 0.6) is 5.75 Å². The lowest BCUT2D eigenvalue weighted by atomic mass is 9.94. The number of methoxy groups -OCH3 is 1. The Balaban J connectivity index is 1.27. The molecule has 1 aliphatic rings. The second kappa shape index (κ2) is 11.1. The zero-order valence-corrected chi connectivity index (χ0v) is 25.0. The third-order valence-corrected chi connectivity index (χ3v) is 8.55. The number of hydrogen-bond donors (Lipinski definition) is 2. The summed E-state index contributed by atoms with van der Waals surface area (Å²) in [6, 6.07) is 17.7. The van der Waals surface area contributed by atoms with Crippen LogP contribution in [-0.4, -0.2) is 28.9 Å². The fraction of sp³-hybridized carbons (Fsp3) is 0.167. The van der Waals surface area contributed by atoms with Crippen molar-refractivity contribution >= 4 is 33.7 Å². The standard InChI is InChI=1S/C36H28F2N4O4/c1-19-15-28(45-2)25(35(44)42-36(12-13-36)30-10-5-21-18-40-14-11-26(21)41-30)17-24(19)23-8-9-27-31(33(23)38)32(34(39)43)29(46-27)16-20-3-6-22(37)7-4-20/h3-11,14-15,17-18H,12-13,16H2,1-2H3,(H2,39,43)(H,42,44). The smallest absolute Gasteiger partial charge is 0.255 e. The van der Waals surface area contributed by atoms with Crippen LogP contribution >= 0.6 is 0 Å². The van der Waals surface area contributed by atoms with E-state index in [4.69, 9.17) is 19.9 Å². The highest BCUT2D eigenvalue weighted by Crippen LogP contribution is 2.46. The molecule has 0 saturated heterocycles. The van der Waals surface area contributed by atoms with Gasteiger partial charge in [-0.3, -0.25) is 19.6 Å². The van der Waals surface area contributed by atoms with Gasteiger partial charge in [0.2, 0.25) is 0 Å². The SMILES string of the molecule is COc1cc(C)c(-c2ccc3oc(Cc4ccc(F)cc4)c(C(N)=O)c3c2F)cc1C(=O)NC1(c2ccc3cnccc3n2)CC1. The molecule has 0 aliphatic heterocycles. The predicted octanol–water partition coefficient (Wildman–Crippen LogP) is 6.75. The third-order valence-electron chi connectivity index (χ3n) is 8.55. The Morgan fingerprint density at radius 1 is 1.02 bits per heavy atom. The number of pyridine rings is 2. The number of nitrogens with one attached hydrogen (secondary N) is 1. The van der Waals surface area contributed by atoms with Crippen molar-refractivity contribution in [2.45, 2.75) is 31.7 Å². The molecule has 7 rings (SSSR count). The van der Waals surface area contributed by atoms with Crippen LogP contribution in [0.2, 0.25) is 0 Å². The van der Waals surface area contributed by atoms with Gasteiger partial charge in [0.15, 0.2) is 0 Å². The van der Waals surface area contributed by atoms with E-state index in [1.54, 1.807) is 55.7 Å². The molecule has 0 spiro atoms. The van der Waals surface area contributed by atoms with Gasteiger partial charge in [-0.05, 0) is 91.1 Å². The number of amides is 2. The average Bonchev–Trinajstić information content (AvgIpc) is 3.73. The third kappa shape index (κ3) is 5.01. The lowest BCUT2D eigenvalue weighted by molar-refractivity contribution is 0.0925. The highest BCUT2D eigenvalue weighted by molar-refractivity contribution is 6.08. The number of nitrogens with zero attached hydrogens (tertiary/aromatic N) is 2. The lowest BCUT2D eigenvalue weighted by Crippen LogP contribution is -2.35. The minimum absolute atomic E-state index is 0.0576. The van der Waals surface area contributed by atoms with Crippen LogP contribution in [0.4, 0.5) is 8.78 Å². The minimum atomic E-state index is -0.855. The number of fused-ring (bicyclic) bond motifs is 2. The first-order valence-corrected chi connectivity index (χ1v) is 14.7. The molecule has 230 valence electrons. The van der Waals surface area contributed by atoms with E-state index >= 15 is 4.39 Å². The first-order valence-electron chi connectivity index (χ1n) is 14.7. The van der Waals surface area contributed by atoms with Crippen molar-refractivity contribution in [2.24, 2.45) is 5.73 Å². The van der Waals surface area contributed by atoms with Crippen molar-refractivity contribution in [2.75, 3.05) is 7.11 Å². The number of carbonyl (C=O) groups excluding carboxylic acids is 2. The lowest BCUT2D eigenvalue weighted by Gasteiger charge is -2.20. The van der Waals surface area contributed by atoms with Crippen LogP contribution < -0.4 is 15.8 Å². The van der Waals surface area contributed by atoms with E-state index in [-0.39, 0.29) is 39.8 Å². The highest BCUT2D eigenvalue weighted by atomic mass is 19.1. The number of primary amides is 1. The number of nitrogens with two attached hydrogens (primary N) is 1. The Morgan fingerprint density at radius 2 is 1.80 bits per heavy atom. The van der Waals surface area contributed by atoms with Gasteiger partial charge in [0.1, 0.15) is 28.7 Å². The highest BCUT2D eigenvalue weighted by Gasteiger charge is 2.47. The molecule has 0 bridgehead atoms. The molecule has 0 atom stereocenters. The number of halogens is 2. The number of aromatic nitrogens is 2. The van der Waals surface area contributed by atoms with Crippen LogP contribution in [0.3, 0.4) is 0 Å². The van der Waals surface area contributed by atoms with E-state index in [0.29, 0.717) is 35.3 Å². The molecule has 0 unspecified atom stereocenters. The summed E-state index contributed by atoms with van der Waals surface area (Å²) in [6.07, 6.45) is 4.95. The molecule has 0 radical (unpaired) electrons. The number of carbonyl (C=O) groups is 2. The molecule has 3 aromatic heterocycles. The Bertz CT molecular complexity index is 2190. The maximum absolute atomic E-state index is 16.4. The van der Waals surface area contributed by atoms with Gasteiger partial charge in [0.25, 0.3) is 11.8 Å². The second-order valence-electron chi connectivity index (χ2n) is 11.5. The van der Waals surface area contributed by atoms with Crippen molar-refractivity contribution < 1.29 is 27.5 Å². The van der Waals surface area contributed by atoms with Crippen LogP contribution in [0, 0.1) is 18.6 Å². The summed E-state index contributed by atoms with van der Waals surface area (Å²) in [4.78, 5) is 35.4. The average molecular weight is 619 g/mol. The fourth-order valence-electron chi connectivity index (χ4n) is 5.98. The number of aryl methyl sites for hydroxylation is 1. The van der Waals surface area contributed by atoms with Crippen LogP contribution in [-0.2, 0) is 12.0 Å². The van der Waals surface area contributed by atoms with E-state index in [2.05, 4.69) is 10.3 Å². The number of rotatable bonds is 8. The number of ether oxygens (including phenoxy) is 1. The summed E-state index contributed by atoms with van der Waals surface area (Å²) in [5.74, 6) is -1.87. The molecule has 3 aromatic carbocycles. The molecule has 3 heterocycles. The second-order valence-corrected chi connectivity index (χ2v) is 11.5. The van der Waals surface area contributed by atoms with E-state index in [1.807, 2.05) is 18.2 Å². The number of benzene rings is 3. The molecule has 1 saturated carbocycles. The molecular weight excluding hydrogens is 590 g/mol. The Morgan fingerprint density at radius 3 is 2.52 bits per heavy atom. The minimum Gasteiger partial charge on any atom is -0.496 e. The molecule has 8 nitrogen and oxygen atoms in total. The molecule has 1 fully saturated rings. The van der Waals surface area contributed by atoms with Crippen molar-refractivity contribution in [1.82, 2.24) is 15.3 Å². The predicted molar refractivity (Wildman–Crippen MR) is 169 cm³/mol. The molecule has 10 heteroatoms. The van der Waals surface area contributed by atoms with Gasteiger partial charge < -0.3 is 20.2 Å². The van der Waals surface area contributed by atoms with Gasteiger partial charge in [-0.2, -0.15) is 0 Å². The maximum Gasteiger partial charge on any atom is 0.255 e. The summed E-state index contributed by atoms with van der Waals surface area (Å²) in [5, 5.41) is 3.99. The Labute approximate surface area is 262 Å². The van der Waals surface area contributed by atoms with Crippen molar-refractivity contribution in [1.29, 1.82) is 0 Å². The van der Waals surface area contributed by atoms with E-state index in [0.717, 1.165) is 16.6 Å². The normalized spacial score (nSPS) is 13.6. The van der Waals surface area contributed by atoms with Crippen LogP contribution in [0.1, 0.15) is 56.1 Å². The molecule has 46 heavy (non-hydrogen) atoms. The van der Waals surface area contributed by atoms with Crippen molar-refractivity contribution in [3.8, 4) is 16.9 Å². The monoisotopic (exact) mass is 618 g/mol. The van der Waals surface area contributed by atoms with Gasteiger partial charge in [-0.25, -0.2) is 8.78 Å². The topological polar surface area (TPSA) is 120 Å². The largest absolute Gasteiger partial charge is 0.496 e. The van der Waals surface area contributed by atoms with E-state index in [9.17, 15) is 14.0 Å². The quantitative estimate of drug-likeness (QED) is 0.195. The summed E-state index contributed by atoms with van der Waals surface area (Å²) in [5.41, 5.74) is 8.80. The van der Waals surface area contributed by atoms with Crippen molar-refractivity contribution in [3.05, 3.63) is 124 Å². The molecule has 1 aliphatic carbocycles. The molecule has 3 N–H and O–H groups in total. The molecule has 6 aromatic rings. The Hall–Kier alpha value is -5.64. The summed E-state index contributed by atoms with van der Waals surface area (Å²) >= 11 is 0. The van der Waals surface area contributed by atoms with Crippen molar-refractivity contribution in [3.63, 3.8) is 0 Å². The Kier molecular flexibility index (Phi) is 7.00. The number of furan rings is 1. The maximum atomic E-state index is 16.4. The van der Waals surface area contributed by atoms with Gasteiger partial charge in [0.05, 0.1) is 40.4 Å². The molecule has 2 amide bonds. The van der Waals surface area contributed by atoms with Gasteiger partial charge in [-0.1, -0.05) is 12.1 Å². The van der Waals surface area contributed by atoms with Crippen LogP contribution in [0.15, 0.2) is 83.5 Å². The summed E-state index contributed by atoms with van der Waals surface area (Å²) < 4.78 is 41.4. The fourth-order valence-corrected chi connectivity index (χ4v) is 5.98. The zero-order valence-electron chi connectivity index (χ0n) is 25.0. The van der Waals surface area contributed by atoms with E-state index in [1.165, 1.54) is 19.2 Å². The summed E-state index contributed by atoms with van der Waals surface area (Å²) in [6.45, 7) is 1.78.